The fraction of sp³-hybridized carbons (Fsp3) is 0.549. The summed E-state index contributed by atoms with van der Waals surface area (Å²) in [5.74, 6) is -10.7. The number of hydrogen-bond acceptors (Lipinski definition) is 17. The molecule has 0 saturated carbocycles. The summed E-state index contributed by atoms with van der Waals surface area (Å²) in [6.45, 7) is 8.73. The number of carbonyl (C=O) groups excluding carboxylic acids is 11. The summed E-state index contributed by atoms with van der Waals surface area (Å²) < 4.78 is 0. The van der Waals surface area contributed by atoms with E-state index < -0.39 is 144 Å². The van der Waals surface area contributed by atoms with Crippen molar-refractivity contribution >= 4 is 82.9 Å². The molecule has 1 fully saturated rings. The summed E-state index contributed by atoms with van der Waals surface area (Å²) in [6.07, 6.45) is 2.37. The van der Waals surface area contributed by atoms with Crippen LogP contribution in [0.4, 0.5) is 0 Å². The number of benzene rings is 3. The van der Waals surface area contributed by atoms with Crippen LogP contribution < -0.4 is 99.5 Å². The summed E-state index contributed by atoms with van der Waals surface area (Å²) in [4.78, 5) is 170. The zero-order valence-electron chi connectivity index (χ0n) is 60.9. The van der Waals surface area contributed by atoms with Crippen LogP contribution in [0.15, 0.2) is 99.9 Å². The van der Waals surface area contributed by atoms with Crippen molar-refractivity contribution in [1.82, 2.24) is 52.8 Å². The van der Waals surface area contributed by atoms with Crippen LogP contribution >= 0.6 is 0 Å². The zero-order valence-corrected chi connectivity index (χ0v) is 60.9. The van der Waals surface area contributed by atoms with Crippen LogP contribution in [-0.4, -0.2) is 193 Å². The van der Waals surface area contributed by atoms with Crippen molar-refractivity contribution in [3.63, 3.8) is 0 Å². The van der Waals surface area contributed by atoms with E-state index in [1.165, 1.54) is 17.0 Å². The zero-order chi connectivity index (χ0) is 77.7. The number of nitrogens with one attached hydrogen (secondary N) is 9. The molecule has 1 aliphatic heterocycles. The number of aliphatic imine (C=N–C) groups is 3. The Hall–Kier alpha value is -10.6. The predicted molar refractivity (Wildman–Crippen MR) is 399 cm³/mol. The highest BCUT2D eigenvalue weighted by Gasteiger charge is 2.41. The largest absolute Gasteiger partial charge is 0.508 e. The molecule has 578 valence electrons. The van der Waals surface area contributed by atoms with Crippen molar-refractivity contribution in [2.24, 2.45) is 78.4 Å². The number of amides is 11. The maximum atomic E-state index is 15.0. The van der Waals surface area contributed by atoms with Crippen molar-refractivity contribution in [1.29, 1.82) is 0 Å². The van der Waals surface area contributed by atoms with Gasteiger partial charge in [0, 0.05) is 38.5 Å². The second kappa shape index (κ2) is 45.5. The van der Waals surface area contributed by atoms with Gasteiger partial charge in [0.1, 0.15) is 60.1 Å². The number of rotatable bonds is 46. The Morgan fingerprint density at radius 1 is 0.514 bits per heavy atom. The number of primary amides is 1. The van der Waals surface area contributed by atoms with Crippen molar-refractivity contribution < 1.29 is 57.8 Å². The lowest BCUT2D eigenvalue weighted by molar-refractivity contribution is -0.142. The van der Waals surface area contributed by atoms with Gasteiger partial charge < -0.3 is 109 Å². The summed E-state index contributed by atoms with van der Waals surface area (Å²) in [5.41, 5.74) is 53.2. The summed E-state index contributed by atoms with van der Waals surface area (Å²) in [7, 11) is 0. The Kier molecular flexibility index (Phi) is 37.6. The van der Waals surface area contributed by atoms with Gasteiger partial charge in [-0.3, -0.25) is 67.7 Å². The van der Waals surface area contributed by atoms with Crippen LogP contribution in [0.2, 0.25) is 0 Å². The van der Waals surface area contributed by atoms with Crippen LogP contribution in [-0.2, 0) is 65.6 Å². The van der Waals surface area contributed by atoms with Crippen molar-refractivity contribution in [2.45, 2.75) is 197 Å². The average Bonchev–Trinajstić information content (AvgIpc) is 1.80. The molecule has 0 aliphatic carbocycles. The molecule has 1 saturated heterocycles. The Morgan fingerprint density at radius 2 is 0.990 bits per heavy atom. The van der Waals surface area contributed by atoms with E-state index in [2.05, 4.69) is 62.8 Å². The molecular formula is C71H112N22O12. The smallest absolute Gasteiger partial charge is 0.245 e. The Morgan fingerprint density at radius 3 is 1.52 bits per heavy atom. The van der Waals surface area contributed by atoms with Crippen LogP contribution in [0.25, 0.3) is 0 Å². The average molecular weight is 1470 g/mol. The molecule has 0 radical (unpaired) electrons. The first kappa shape index (κ1) is 86.8. The molecule has 3 aromatic carbocycles. The molecule has 0 aromatic heterocycles. The number of nitrogens with zero attached hydrogens (tertiary/aromatic N) is 4. The number of nitrogens with two attached hydrogens (primary N) is 9. The van der Waals surface area contributed by atoms with Gasteiger partial charge in [-0.05, 0) is 131 Å². The maximum absolute atomic E-state index is 15.0. The van der Waals surface area contributed by atoms with Crippen LogP contribution in [0.3, 0.4) is 0 Å². The van der Waals surface area contributed by atoms with Gasteiger partial charge in [-0.25, -0.2) is 0 Å². The van der Waals surface area contributed by atoms with Gasteiger partial charge in [-0.1, -0.05) is 114 Å². The first-order valence-corrected chi connectivity index (χ1v) is 35.7. The second-order valence-corrected chi connectivity index (χ2v) is 26.7. The van der Waals surface area contributed by atoms with E-state index >= 15 is 0 Å². The predicted octanol–water partition coefficient (Wildman–Crippen LogP) is -2.84. The number of hydrogen-bond donors (Lipinski definition) is 19. The lowest BCUT2D eigenvalue weighted by atomic mass is 9.92. The number of likely N-dealkylation sites (tertiary alicyclic amines) is 1. The highest BCUT2D eigenvalue weighted by atomic mass is 16.3. The highest BCUT2D eigenvalue weighted by molar-refractivity contribution is 5.99. The summed E-state index contributed by atoms with van der Waals surface area (Å²) in [6, 6.07) is 10.8. The van der Waals surface area contributed by atoms with Gasteiger partial charge in [-0.15, -0.1) is 0 Å². The molecule has 0 spiro atoms. The van der Waals surface area contributed by atoms with Gasteiger partial charge in [0.05, 0.1) is 12.6 Å². The molecule has 0 unspecified atom stereocenters. The number of carbonyl (C=O) groups is 11. The lowest BCUT2D eigenvalue weighted by Crippen LogP contribution is -2.61. The SMILES string of the molecule is CC[C@H](C)[C@H](NC(=O)[C@H](CCCN=C(N)N)NC(=O)[C@H](CCCN=C(N)N)NC(=O)[C@H](CC(C)C)NC(=O)[C@H](Cc1ccccc1)NC(=O)[C@@H](NC(=O)CNC(=O)[C@@H](N)Cc1ccc(O)cc1)[C@H](C)c1ccccc1)C(=O)N[C@@H](CCCN=C(N)N)C(=O)N1CCC[C@H]1C(=O)N[C@@H](CCCCN)C(N)=O. The molecule has 1 heterocycles. The molecule has 28 N–H and O–H groups in total. The van der Waals surface area contributed by atoms with Crippen molar-refractivity contribution in [2.75, 3.05) is 39.3 Å². The molecule has 34 heteroatoms. The van der Waals surface area contributed by atoms with E-state index in [0.29, 0.717) is 48.9 Å². The van der Waals surface area contributed by atoms with Crippen molar-refractivity contribution in [3.8, 4) is 5.75 Å². The van der Waals surface area contributed by atoms with Crippen molar-refractivity contribution in [3.05, 3.63) is 102 Å². The normalized spacial score (nSPS) is 15.7. The van der Waals surface area contributed by atoms with E-state index in [-0.39, 0.29) is 126 Å². The Bertz CT molecular complexity index is 3410. The third-order valence-electron chi connectivity index (χ3n) is 17.8. The molecule has 3 aromatic rings. The fourth-order valence-corrected chi connectivity index (χ4v) is 11.8. The van der Waals surface area contributed by atoms with E-state index in [4.69, 9.17) is 51.6 Å². The number of phenols is 1. The second-order valence-electron chi connectivity index (χ2n) is 26.7. The minimum atomic E-state index is -1.46. The van der Waals surface area contributed by atoms with E-state index in [9.17, 15) is 57.8 Å². The molecule has 0 bridgehead atoms. The van der Waals surface area contributed by atoms with Crippen LogP contribution in [0.5, 0.6) is 5.75 Å². The number of aromatic hydroxyl groups is 1. The number of guanidine groups is 3. The van der Waals surface area contributed by atoms with E-state index in [0.717, 1.165) is 0 Å². The van der Waals surface area contributed by atoms with Crippen LogP contribution in [0.1, 0.15) is 141 Å². The quantitative estimate of drug-likeness (QED) is 0.0154. The molecule has 34 nitrogen and oxygen atoms in total. The van der Waals surface area contributed by atoms with Gasteiger partial charge in [0.15, 0.2) is 17.9 Å². The Labute approximate surface area is 613 Å². The minimum absolute atomic E-state index is 0.00113. The monoisotopic (exact) mass is 1460 g/mol. The molecule has 1 aliphatic rings. The van der Waals surface area contributed by atoms with E-state index in [1.807, 2.05) is 0 Å². The van der Waals surface area contributed by atoms with Crippen LogP contribution in [0, 0.1) is 11.8 Å². The third kappa shape index (κ3) is 31.1. The van der Waals surface area contributed by atoms with E-state index in [1.54, 1.807) is 107 Å². The minimum Gasteiger partial charge on any atom is -0.508 e. The summed E-state index contributed by atoms with van der Waals surface area (Å²) in [5, 5.41) is 34.4. The number of unbranched alkanes of at least 4 members (excludes halogenated alkanes) is 1. The van der Waals surface area contributed by atoms with Gasteiger partial charge >= 0.3 is 0 Å². The lowest BCUT2D eigenvalue weighted by Gasteiger charge is -2.32. The maximum Gasteiger partial charge on any atom is 0.245 e. The first-order valence-electron chi connectivity index (χ1n) is 35.7. The highest BCUT2D eigenvalue weighted by Crippen LogP contribution is 2.23. The fourth-order valence-electron chi connectivity index (χ4n) is 11.8. The summed E-state index contributed by atoms with van der Waals surface area (Å²) >= 11 is 0. The van der Waals surface area contributed by atoms with Gasteiger partial charge in [-0.2, -0.15) is 0 Å². The van der Waals surface area contributed by atoms with Gasteiger partial charge in [0.2, 0.25) is 65.0 Å². The molecule has 105 heavy (non-hydrogen) atoms. The van der Waals surface area contributed by atoms with Gasteiger partial charge in [0.25, 0.3) is 0 Å². The molecule has 11 amide bonds. The first-order chi connectivity index (χ1) is 49.9. The Balaban J connectivity index is 1.66. The topological polar surface area (TPSA) is 591 Å². The standard InChI is InChI=1S/C71H112N22O12/c1-6-42(4)57(66(103)88-52(26-17-35-83-71(79)80)68(105)93-36-18-27-55(93)65(102)85-49(59(74)96)23-13-14-32-72)92-62(99)51(25-16-34-82-70(77)78)86-61(98)50(24-15-33-81-69(75)76)87-63(100)53(37-41(2)3)89-64(101)54(39-44-19-9-7-10-20-44)90-67(104)58(43(5)46-21-11-8-12-22-46)91-56(95)40-84-60(97)48(73)38-45-28-30-47(94)31-29-45/h7-12,19-22,28-31,41-43,48-55,57-58,94H,6,13-18,23-27,32-40,72-73H2,1-5H3,(H2,74,96)(H,84,97)(H,85,102)(H,86,98)(H,87,100)(H,88,103)(H,89,101)(H,90,104)(H,91,95)(H,92,99)(H4,75,76,81)(H4,77,78,82)(H4,79,80,83)/t42-,43+,48-,49-,50-,51-,52-,53-,54-,55-,57-,58-/m0/s1. The number of phenolic OH excluding ortho intramolecular Hbond substituents is 1. The molecular weight excluding hydrogens is 1350 g/mol. The molecule has 12 atom stereocenters. The molecule has 4 rings (SSSR count). The third-order valence-corrected chi connectivity index (χ3v) is 17.8.